The van der Waals surface area contributed by atoms with Crippen LogP contribution in [0.1, 0.15) is 56.8 Å². The summed E-state index contributed by atoms with van der Waals surface area (Å²) in [7, 11) is 0. The second-order valence-electron chi connectivity index (χ2n) is 9.19. The fraction of sp³-hybridized carbons (Fsp3) is 0.385. The number of hydrogen-bond donors (Lipinski definition) is 2. The number of carbonyl (C=O) groups is 1. The Labute approximate surface area is 199 Å². The summed E-state index contributed by atoms with van der Waals surface area (Å²) >= 11 is 12.3. The lowest BCUT2D eigenvalue weighted by molar-refractivity contribution is 0.0940. The maximum Gasteiger partial charge on any atom is 0.169 e. The van der Waals surface area contributed by atoms with Gasteiger partial charge in [0.15, 0.2) is 11.5 Å². The maximum atomic E-state index is 13.0. The zero-order chi connectivity index (χ0) is 23.0. The van der Waals surface area contributed by atoms with Crippen molar-refractivity contribution in [3.8, 4) is 16.9 Å². The number of aromatic hydroxyl groups is 1. The van der Waals surface area contributed by atoms with Crippen LogP contribution in [0.3, 0.4) is 0 Å². The van der Waals surface area contributed by atoms with Crippen LogP contribution in [0.2, 0.25) is 10.0 Å². The molecule has 1 fully saturated rings. The molecule has 1 aromatic heterocycles. The van der Waals surface area contributed by atoms with Crippen LogP contribution >= 0.6 is 23.2 Å². The third-order valence-electron chi connectivity index (χ3n) is 6.37. The molecule has 2 N–H and O–H groups in total. The molecule has 0 radical (unpaired) electrons. The second kappa shape index (κ2) is 9.29. The number of anilines is 1. The van der Waals surface area contributed by atoms with Gasteiger partial charge in [0, 0.05) is 23.5 Å². The molecule has 1 aliphatic carbocycles. The number of nitrogens with zero attached hydrogens (tertiary/aromatic N) is 1. The van der Waals surface area contributed by atoms with Crippen LogP contribution in [0.5, 0.6) is 5.75 Å². The van der Waals surface area contributed by atoms with Crippen LogP contribution in [0, 0.1) is 11.8 Å². The second-order valence-corrected chi connectivity index (χ2v) is 10.0. The molecule has 1 heterocycles. The van der Waals surface area contributed by atoms with Gasteiger partial charge in [-0.3, -0.25) is 9.78 Å². The first-order chi connectivity index (χ1) is 15.2. The van der Waals surface area contributed by atoms with Crippen molar-refractivity contribution in [2.75, 3.05) is 5.32 Å². The van der Waals surface area contributed by atoms with Crippen molar-refractivity contribution in [1.82, 2.24) is 4.98 Å². The van der Waals surface area contributed by atoms with E-state index in [1.54, 1.807) is 18.3 Å². The molecule has 2 aromatic carbocycles. The van der Waals surface area contributed by atoms with Crippen LogP contribution in [-0.4, -0.2) is 21.9 Å². The molecule has 4 rings (SSSR count). The lowest BCUT2D eigenvalue weighted by Crippen LogP contribution is -2.26. The van der Waals surface area contributed by atoms with Crippen LogP contribution in [0.15, 0.2) is 36.5 Å². The third kappa shape index (κ3) is 4.57. The zero-order valence-electron chi connectivity index (χ0n) is 18.6. The summed E-state index contributed by atoms with van der Waals surface area (Å²) in [6.07, 6.45) is 6.24. The molecule has 1 aliphatic rings. The standard InChI is InChI=1S/C26H28Cl2N2O2/c1-14(2)25(31)20-13-29-23-9-6-16(17-11-21(27)26(32)22(28)12-17)10-19(23)24(20)30-18-7-4-15(3)5-8-18/h6,9-15,18,32H,4-5,7-8H2,1-3H3,(H,29,30). The van der Waals surface area contributed by atoms with Gasteiger partial charge in [0.05, 0.1) is 26.8 Å². The monoisotopic (exact) mass is 470 g/mol. The van der Waals surface area contributed by atoms with Gasteiger partial charge in [-0.1, -0.05) is 50.0 Å². The molecular formula is C26H28Cl2N2O2. The number of pyridine rings is 1. The molecule has 4 nitrogen and oxygen atoms in total. The first-order valence-electron chi connectivity index (χ1n) is 11.2. The summed E-state index contributed by atoms with van der Waals surface area (Å²) in [4.78, 5) is 17.6. The first-order valence-corrected chi connectivity index (χ1v) is 11.9. The van der Waals surface area contributed by atoms with Gasteiger partial charge < -0.3 is 10.4 Å². The largest absolute Gasteiger partial charge is 0.505 e. The highest BCUT2D eigenvalue weighted by Gasteiger charge is 2.23. The van der Waals surface area contributed by atoms with Crippen LogP contribution < -0.4 is 5.32 Å². The van der Waals surface area contributed by atoms with Crippen LogP contribution in [0.4, 0.5) is 5.69 Å². The number of carbonyl (C=O) groups excluding carboxylic acids is 1. The molecule has 1 saturated carbocycles. The Bertz CT molecular complexity index is 1140. The number of aromatic nitrogens is 1. The van der Waals surface area contributed by atoms with Gasteiger partial charge in [0.25, 0.3) is 0 Å². The van der Waals surface area contributed by atoms with Gasteiger partial charge in [-0.05, 0) is 67.0 Å². The molecule has 32 heavy (non-hydrogen) atoms. The Balaban J connectivity index is 1.85. The molecule has 0 atom stereocenters. The van der Waals surface area contributed by atoms with Crippen molar-refractivity contribution in [3.05, 3.63) is 52.1 Å². The minimum atomic E-state index is -0.127. The molecule has 0 amide bonds. The highest BCUT2D eigenvalue weighted by atomic mass is 35.5. The Kier molecular flexibility index (Phi) is 6.64. The quantitative estimate of drug-likeness (QED) is 0.374. The Morgan fingerprint density at radius 2 is 1.72 bits per heavy atom. The minimum absolute atomic E-state index is 0.0761. The molecule has 168 valence electrons. The van der Waals surface area contributed by atoms with E-state index in [4.69, 9.17) is 23.2 Å². The lowest BCUT2D eigenvalue weighted by atomic mass is 9.87. The van der Waals surface area contributed by atoms with Crippen LogP contribution in [-0.2, 0) is 0 Å². The Morgan fingerprint density at radius 1 is 1.06 bits per heavy atom. The highest BCUT2D eigenvalue weighted by Crippen LogP contribution is 2.39. The summed E-state index contributed by atoms with van der Waals surface area (Å²) in [6, 6.07) is 9.62. The number of fused-ring (bicyclic) bond motifs is 1. The number of phenols is 1. The maximum absolute atomic E-state index is 13.0. The average molecular weight is 471 g/mol. The smallest absolute Gasteiger partial charge is 0.169 e. The van der Waals surface area contributed by atoms with Crippen molar-refractivity contribution in [2.45, 2.75) is 52.5 Å². The minimum Gasteiger partial charge on any atom is -0.505 e. The van der Waals surface area contributed by atoms with E-state index >= 15 is 0 Å². The van der Waals surface area contributed by atoms with E-state index in [1.807, 2.05) is 32.0 Å². The number of nitrogens with one attached hydrogen (secondary N) is 1. The van der Waals surface area contributed by atoms with Gasteiger partial charge >= 0.3 is 0 Å². The number of hydrogen-bond acceptors (Lipinski definition) is 4. The van der Waals surface area contributed by atoms with E-state index in [2.05, 4.69) is 17.2 Å². The Morgan fingerprint density at radius 3 is 2.34 bits per heavy atom. The molecule has 0 saturated heterocycles. The number of rotatable bonds is 5. The van der Waals surface area contributed by atoms with Crippen molar-refractivity contribution in [3.63, 3.8) is 0 Å². The number of ketones is 1. The Hall–Kier alpha value is -2.30. The van der Waals surface area contributed by atoms with Crippen molar-refractivity contribution in [2.24, 2.45) is 11.8 Å². The predicted octanol–water partition coefficient (Wildman–Crippen LogP) is 7.74. The van der Waals surface area contributed by atoms with Gasteiger partial charge in [0.2, 0.25) is 0 Å². The van der Waals surface area contributed by atoms with E-state index in [9.17, 15) is 9.90 Å². The van der Waals surface area contributed by atoms with E-state index in [1.165, 1.54) is 12.8 Å². The van der Waals surface area contributed by atoms with Crippen molar-refractivity contribution < 1.29 is 9.90 Å². The fourth-order valence-electron chi connectivity index (χ4n) is 4.37. The van der Waals surface area contributed by atoms with E-state index in [-0.39, 0.29) is 27.5 Å². The normalized spacial score (nSPS) is 18.8. The number of benzene rings is 2. The number of Topliss-reactive ketones (excluding diaryl/α,β-unsaturated/α-hetero) is 1. The molecular weight excluding hydrogens is 443 g/mol. The summed E-state index contributed by atoms with van der Waals surface area (Å²) < 4.78 is 0. The summed E-state index contributed by atoms with van der Waals surface area (Å²) in [6.45, 7) is 6.12. The molecule has 0 aliphatic heterocycles. The molecule has 0 spiro atoms. The SMILES string of the molecule is CC1CCC(Nc2c(C(=O)C(C)C)cnc3ccc(-c4cc(Cl)c(O)c(Cl)c4)cc23)CC1. The number of halogens is 2. The van der Waals surface area contributed by atoms with Gasteiger partial charge in [-0.15, -0.1) is 0 Å². The van der Waals surface area contributed by atoms with Gasteiger partial charge in [-0.25, -0.2) is 0 Å². The molecule has 0 unspecified atom stereocenters. The zero-order valence-corrected chi connectivity index (χ0v) is 20.1. The van der Waals surface area contributed by atoms with Crippen molar-refractivity contribution in [1.29, 1.82) is 0 Å². The molecule has 3 aromatic rings. The number of phenolic OH excluding ortho intramolecular Hbond substituents is 1. The predicted molar refractivity (Wildman–Crippen MR) is 133 cm³/mol. The summed E-state index contributed by atoms with van der Waals surface area (Å²) in [5.41, 5.74) is 3.98. The van der Waals surface area contributed by atoms with Crippen molar-refractivity contribution >= 4 is 45.6 Å². The molecule has 6 heteroatoms. The summed E-state index contributed by atoms with van der Waals surface area (Å²) in [5, 5.41) is 14.9. The average Bonchev–Trinajstić information content (AvgIpc) is 2.78. The van der Waals surface area contributed by atoms with E-state index in [0.717, 1.165) is 46.5 Å². The van der Waals surface area contributed by atoms with Gasteiger partial charge in [-0.2, -0.15) is 0 Å². The van der Waals surface area contributed by atoms with E-state index < -0.39 is 0 Å². The molecule has 0 bridgehead atoms. The topological polar surface area (TPSA) is 62.2 Å². The van der Waals surface area contributed by atoms with Gasteiger partial charge in [0.1, 0.15) is 0 Å². The highest BCUT2D eigenvalue weighted by molar-refractivity contribution is 6.37. The van der Waals surface area contributed by atoms with E-state index in [0.29, 0.717) is 11.6 Å². The first kappa shape index (κ1) is 22.9. The summed E-state index contributed by atoms with van der Waals surface area (Å²) in [5.74, 6) is 0.569. The lowest BCUT2D eigenvalue weighted by Gasteiger charge is -2.29. The fourth-order valence-corrected chi connectivity index (χ4v) is 4.85. The van der Waals surface area contributed by atoms with Crippen LogP contribution in [0.25, 0.3) is 22.0 Å². The third-order valence-corrected chi connectivity index (χ3v) is 6.95.